The molecule has 2 fully saturated rings. The van der Waals surface area contributed by atoms with Crippen molar-refractivity contribution in [1.82, 2.24) is 21.3 Å². The Hall–Kier alpha value is -1.79. The molecule has 0 saturated heterocycles. The van der Waals surface area contributed by atoms with Gasteiger partial charge >= 0.3 is 6.03 Å². The molecule has 7 heteroatoms. The number of urea groups is 1. The molecule has 2 saturated carbocycles. The van der Waals surface area contributed by atoms with Gasteiger partial charge in [0.2, 0.25) is 11.8 Å². The summed E-state index contributed by atoms with van der Waals surface area (Å²) in [7, 11) is 0. The third-order valence-electron chi connectivity index (χ3n) is 4.82. The molecule has 2 rings (SSSR count). The second kappa shape index (κ2) is 9.49. The molecule has 0 unspecified atom stereocenters. The summed E-state index contributed by atoms with van der Waals surface area (Å²) in [6.45, 7) is 1.53. The lowest BCUT2D eigenvalue weighted by Crippen LogP contribution is -2.51. The number of hydrogen-bond acceptors (Lipinski definition) is 3. The SMILES string of the molecule is C[C@@H](NC(=O)CNC(=O)NC1CCCCC1)C(=O)NC1CCCC1. The van der Waals surface area contributed by atoms with Gasteiger partial charge in [0.25, 0.3) is 0 Å². The van der Waals surface area contributed by atoms with Crippen molar-refractivity contribution in [3.63, 3.8) is 0 Å². The molecule has 0 aromatic rings. The Bertz CT molecular complexity index is 443. The number of carbonyl (C=O) groups is 3. The smallest absolute Gasteiger partial charge is 0.315 e. The van der Waals surface area contributed by atoms with Crippen molar-refractivity contribution in [3.8, 4) is 0 Å². The highest BCUT2D eigenvalue weighted by molar-refractivity contribution is 5.89. The molecular weight excluding hydrogens is 308 g/mol. The standard InChI is InChI=1S/C17H30N4O3/c1-12(16(23)20-13-9-5-6-10-13)19-15(22)11-18-17(24)21-14-7-3-2-4-8-14/h12-14H,2-11H2,1H3,(H,19,22)(H,20,23)(H2,18,21,24)/t12-/m1/s1. The molecular formula is C17H30N4O3. The molecule has 4 N–H and O–H groups in total. The molecule has 2 aliphatic carbocycles. The van der Waals surface area contributed by atoms with Crippen LogP contribution in [-0.4, -0.2) is 42.5 Å². The second-order valence-corrected chi connectivity index (χ2v) is 6.94. The average Bonchev–Trinajstić information content (AvgIpc) is 3.07. The first kappa shape index (κ1) is 18.5. The molecule has 0 bridgehead atoms. The van der Waals surface area contributed by atoms with Crippen LogP contribution in [0.2, 0.25) is 0 Å². The van der Waals surface area contributed by atoms with Crippen molar-refractivity contribution in [1.29, 1.82) is 0 Å². The molecule has 136 valence electrons. The third-order valence-corrected chi connectivity index (χ3v) is 4.82. The monoisotopic (exact) mass is 338 g/mol. The first-order valence-corrected chi connectivity index (χ1v) is 9.18. The van der Waals surface area contributed by atoms with Crippen LogP contribution in [0.4, 0.5) is 4.79 Å². The zero-order valence-corrected chi connectivity index (χ0v) is 14.5. The van der Waals surface area contributed by atoms with Gasteiger partial charge in [-0.05, 0) is 32.6 Å². The van der Waals surface area contributed by atoms with Gasteiger partial charge in [0.15, 0.2) is 0 Å². The maximum atomic E-state index is 12.0. The van der Waals surface area contributed by atoms with Gasteiger partial charge in [-0.2, -0.15) is 0 Å². The molecule has 0 heterocycles. The summed E-state index contributed by atoms with van der Waals surface area (Å²) in [6, 6.07) is -0.476. The first-order chi connectivity index (χ1) is 11.5. The van der Waals surface area contributed by atoms with Crippen LogP contribution in [0.1, 0.15) is 64.7 Å². The average molecular weight is 338 g/mol. The van der Waals surface area contributed by atoms with E-state index in [9.17, 15) is 14.4 Å². The summed E-state index contributed by atoms with van der Waals surface area (Å²) in [6.07, 6.45) is 9.80. The number of amides is 4. The Morgan fingerprint density at radius 2 is 1.42 bits per heavy atom. The van der Waals surface area contributed by atoms with Crippen molar-refractivity contribution in [2.45, 2.75) is 82.8 Å². The van der Waals surface area contributed by atoms with E-state index in [0.29, 0.717) is 0 Å². The fourth-order valence-electron chi connectivity index (χ4n) is 3.40. The van der Waals surface area contributed by atoms with Crippen molar-refractivity contribution in [3.05, 3.63) is 0 Å². The predicted molar refractivity (Wildman–Crippen MR) is 91.4 cm³/mol. The molecule has 2 aliphatic rings. The normalized spacial score (nSPS) is 20.2. The van der Waals surface area contributed by atoms with Crippen LogP contribution in [-0.2, 0) is 9.59 Å². The Labute approximate surface area is 143 Å². The molecule has 1 atom stereocenters. The summed E-state index contributed by atoms with van der Waals surface area (Å²) >= 11 is 0. The van der Waals surface area contributed by atoms with E-state index >= 15 is 0 Å². The van der Waals surface area contributed by atoms with Gasteiger partial charge in [0.05, 0.1) is 6.54 Å². The molecule has 0 aromatic carbocycles. The Morgan fingerprint density at radius 3 is 2.04 bits per heavy atom. The summed E-state index contributed by atoms with van der Waals surface area (Å²) in [5.74, 6) is -0.523. The van der Waals surface area contributed by atoms with Crippen molar-refractivity contribution >= 4 is 17.8 Å². The topological polar surface area (TPSA) is 99.3 Å². The number of nitrogens with one attached hydrogen (secondary N) is 4. The third kappa shape index (κ3) is 6.37. The first-order valence-electron chi connectivity index (χ1n) is 9.18. The highest BCUT2D eigenvalue weighted by atomic mass is 16.2. The minimum absolute atomic E-state index is 0.125. The van der Waals surface area contributed by atoms with Crippen LogP contribution in [0, 0.1) is 0 Å². The summed E-state index contributed by atoms with van der Waals surface area (Å²) in [5.41, 5.74) is 0. The maximum Gasteiger partial charge on any atom is 0.315 e. The minimum Gasteiger partial charge on any atom is -0.352 e. The molecule has 4 amide bonds. The molecule has 0 radical (unpaired) electrons. The van der Waals surface area contributed by atoms with E-state index in [4.69, 9.17) is 0 Å². The van der Waals surface area contributed by atoms with Gasteiger partial charge in [-0.3, -0.25) is 9.59 Å². The van der Waals surface area contributed by atoms with Gasteiger partial charge in [-0.25, -0.2) is 4.79 Å². The van der Waals surface area contributed by atoms with Crippen LogP contribution in [0.15, 0.2) is 0 Å². The number of hydrogen-bond donors (Lipinski definition) is 4. The minimum atomic E-state index is -0.596. The largest absolute Gasteiger partial charge is 0.352 e. The van der Waals surface area contributed by atoms with E-state index in [1.54, 1.807) is 6.92 Å². The van der Waals surface area contributed by atoms with Crippen molar-refractivity contribution in [2.75, 3.05) is 6.54 Å². The summed E-state index contributed by atoms with van der Waals surface area (Å²) in [4.78, 5) is 35.7. The highest BCUT2D eigenvalue weighted by Crippen LogP contribution is 2.18. The molecule has 0 spiro atoms. The van der Waals surface area contributed by atoms with Gasteiger partial charge in [0, 0.05) is 12.1 Å². The zero-order chi connectivity index (χ0) is 17.4. The van der Waals surface area contributed by atoms with E-state index in [1.807, 2.05) is 0 Å². The highest BCUT2D eigenvalue weighted by Gasteiger charge is 2.22. The van der Waals surface area contributed by atoms with Crippen LogP contribution < -0.4 is 21.3 Å². The Balaban J connectivity index is 1.60. The van der Waals surface area contributed by atoms with E-state index in [-0.39, 0.29) is 36.5 Å². The predicted octanol–water partition coefficient (Wildman–Crippen LogP) is 1.18. The lowest BCUT2D eigenvalue weighted by Gasteiger charge is -2.23. The van der Waals surface area contributed by atoms with Crippen molar-refractivity contribution < 1.29 is 14.4 Å². The quantitative estimate of drug-likeness (QED) is 0.585. The fraction of sp³-hybridized carbons (Fsp3) is 0.824. The van der Waals surface area contributed by atoms with Crippen LogP contribution in [0.25, 0.3) is 0 Å². The molecule has 0 aliphatic heterocycles. The summed E-state index contributed by atoms with van der Waals surface area (Å²) in [5, 5.41) is 11.0. The van der Waals surface area contributed by atoms with Gasteiger partial charge in [-0.15, -0.1) is 0 Å². The van der Waals surface area contributed by atoms with E-state index in [1.165, 1.54) is 6.42 Å². The fourth-order valence-corrected chi connectivity index (χ4v) is 3.40. The maximum absolute atomic E-state index is 12.0. The Kier molecular flexibility index (Phi) is 7.34. The lowest BCUT2D eigenvalue weighted by molar-refractivity contribution is -0.128. The van der Waals surface area contributed by atoms with Crippen LogP contribution in [0.5, 0.6) is 0 Å². The second-order valence-electron chi connectivity index (χ2n) is 6.94. The van der Waals surface area contributed by atoms with Crippen LogP contribution >= 0.6 is 0 Å². The van der Waals surface area contributed by atoms with Gasteiger partial charge < -0.3 is 21.3 Å². The van der Waals surface area contributed by atoms with E-state index in [2.05, 4.69) is 21.3 Å². The van der Waals surface area contributed by atoms with Gasteiger partial charge in [-0.1, -0.05) is 32.1 Å². The zero-order valence-electron chi connectivity index (χ0n) is 14.5. The lowest BCUT2D eigenvalue weighted by atomic mass is 9.96. The van der Waals surface area contributed by atoms with Crippen molar-refractivity contribution in [2.24, 2.45) is 0 Å². The van der Waals surface area contributed by atoms with E-state index < -0.39 is 6.04 Å². The Morgan fingerprint density at radius 1 is 0.875 bits per heavy atom. The molecule has 24 heavy (non-hydrogen) atoms. The number of rotatable bonds is 6. The van der Waals surface area contributed by atoms with Crippen LogP contribution in [0.3, 0.4) is 0 Å². The van der Waals surface area contributed by atoms with Gasteiger partial charge in [0.1, 0.15) is 6.04 Å². The molecule has 0 aromatic heterocycles. The summed E-state index contributed by atoms with van der Waals surface area (Å²) < 4.78 is 0. The number of carbonyl (C=O) groups excluding carboxylic acids is 3. The van der Waals surface area contributed by atoms with E-state index in [0.717, 1.165) is 51.4 Å². The molecule has 7 nitrogen and oxygen atoms in total.